The van der Waals surface area contributed by atoms with Gasteiger partial charge in [-0.3, -0.25) is 4.79 Å². The highest BCUT2D eigenvalue weighted by molar-refractivity contribution is 6.03. The van der Waals surface area contributed by atoms with Gasteiger partial charge >= 0.3 is 0 Å². The van der Waals surface area contributed by atoms with E-state index in [1.54, 1.807) is 18.6 Å². The number of nitrogens with zero attached hydrogens (tertiary/aromatic N) is 2. The third-order valence-corrected chi connectivity index (χ3v) is 3.61. The molecule has 0 aromatic carbocycles. The first-order valence-corrected chi connectivity index (χ1v) is 6.58. The summed E-state index contributed by atoms with van der Waals surface area (Å²) in [6.07, 6.45) is 7.12. The van der Waals surface area contributed by atoms with Crippen molar-refractivity contribution in [3.8, 4) is 0 Å². The van der Waals surface area contributed by atoms with E-state index in [4.69, 9.17) is 5.73 Å². The summed E-state index contributed by atoms with van der Waals surface area (Å²) in [5, 5.41) is 3.05. The third-order valence-electron chi connectivity index (χ3n) is 3.61. The van der Waals surface area contributed by atoms with E-state index in [1.165, 1.54) is 0 Å². The summed E-state index contributed by atoms with van der Waals surface area (Å²) in [6, 6.07) is 2.06. The van der Waals surface area contributed by atoms with Gasteiger partial charge in [-0.25, -0.2) is 9.97 Å². The van der Waals surface area contributed by atoms with Crippen molar-refractivity contribution in [3.63, 3.8) is 0 Å². The number of aromatic amines is 1. The van der Waals surface area contributed by atoms with Gasteiger partial charge in [0.15, 0.2) is 5.65 Å². The van der Waals surface area contributed by atoms with Crippen LogP contribution in [0, 0.1) is 0 Å². The van der Waals surface area contributed by atoms with E-state index in [0.717, 1.165) is 25.7 Å². The molecular weight excluding hydrogens is 242 g/mol. The fraction of sp³-hybridized carbons (Fsp3) is 0.462. The zero-order chi connectivity index (χ0) is 13.2. The van der Waals surface area contributed by atoms with E-state index < -0.39 is 0 Å². The molecule has 19 heavy (non-hydrogen) atoms. The van der Waals surface area contributed by atoms with Gasteiger partial charge in [0.05, 0.1) is 11.9 Å². The molecule has 100 valence electrons. The van der Waals surface area contributed by atoms with Gasteiger partial charge in [0.25, 0.3) is 5.91 Å². The number of fused-ring (bicyclic) bond motifs is 1. The summed E-state index contributed by atoms with van der Waals surface area (Å²) < 4.78 is 0. The summed E-state index contributed by atoms with van der Waals surface area (Å²) in [6.45, 7) is 0. The van der Waals surface area contributed by atoms with E-state index in [1.807, 2.05) is 0 Å². The minimum Gasteiger partial charge on any atom is -0.349 e. The topological polar surface area (TPSA) is 96.7 Å². The Morgan fingerprint density at radius 1 is 1.42 bits per heavy atom. The van der Waals surface area contributed by atoms with Gasteiger partial charge in [-0.15, -0.1) is 0 Å². The Morgan fingerprint density at radius 2 is 2.32 bits per heavy atom. The zero-order valence-corrected chi connectivity index (χ0v) is 10.6. The molecule has 1 aliphatic rings. The average Bonchev–Trinajstić information content (AvgIpc) is 2.86. The SMILES string of the molecule is NC1CCCC(NC(=O)c2ccnc3[nH]cnc23)C1. The molecule has 1 aliphatic carbocycles. The number of nitrogens with two attached hydrogens (primary N) is 1. The lowest BCUT2D eigenvalue weighted by molar-refractivity contribution is 0.0927. The van der Waals surface area contributed by atoms with Gasteiger partial charge in [0.2, 0.25) is 0 Å². The molecule has 2 aromatic rings. The molecule has 3 rings (SSSR count). The molecule has 1 amide bonds. The lowest BCUT2D eigenvalue weighted by Crippen LogP contribution is -2.42. The number of hydrogen-bond acceptors (Lipinski definition) is 4. The normalized spacial score (nSPS) is 23.4. The maximum atomic E-state index is 12.3. The molecule has 0 bridgehead atoms. The fourth-order valence-electron chi connectivity index (χ4n) is 2.65. The number of imidazole rings is 1. The van der Waals surface area contributed by atoms with Gasteiger partial charge in [-0.2, -0.15) is 0 Å². The van der Waals surface area contributed by atoms with Crippen LogP contribution in [0.2, 0.25) is 0 Å². The molecule has 2 unspecified atom stereocenters. The average molecular weight is 259 g/mol. The third kappa shape index (κ3) is 2.44. The molecule has 4 N–H and O–H groups in total. The number of H-pyrrole nitrogens is 1. The highest BCUT2D eigenvalue weighted by Crippen LogP contribution is 2.18. The number of rotatable bonds is 2. The molecule has 2 aromatic heterocycles. The van der Waals surface area contributed by atoms with Crippen molar-refractivity contribution in [3.05, 3.63) is 24.2 Å². The van der Waals surface area contributed by atoms with Crippen LogP contribution in [-0.4, -0.2) is 32.9 Å². The van der Waals surface area contributed by atoms with E-state index in [-0.39, 0.29) is 18.0 Å². The lowest BCUT2D eigenvalue weighted by atomic mass is 9.91. The minimum absolute atomic E-state index is 0.0985. The van der Waals surface area contributed by atoms with Gasteiger partial charge in [-0.1, -0.05) is 0 Å². The Hall–Kier alpha value is -1.95. The number of pyridine rings is 1. The van der Waals surface area contributed by atoms with Crippen LogP contribution in [0.3, 0.4) is 0 Å². The molecule has 1 saturated carbocycles. The zero-order valence-electron chi connectivity index (χ0n) is 10.6. The van der Waals surface area contributed by atoms with Crippen LogP contribution in [0.15, 0.2) is 18.6 Å². The largest absolute Gasteiger partial charge is 0.349 e. The first-order chi connectivity index (χ1) is 9.24. The maximum Gasteiger partial charge on any atom is 0.253 e. The minimum atomic E-state index is -0.0985. The van der Waals surface area contributed by atoms with Crippen LogP contribution in [0.1, 0.15) is 36.0 Å². The monoisotopic (exact) mass is 259 g/mol. The summed E-state index contributed by atoms with van der Waals surface area (Å²) in [5.74, 6) is -0.0985. The second kappa shape index (κ2) is 4.97. The molecule has 0 aliphatic heterocycles. The van der Waals surface area contributed by atoms with E-state index >= 15 is 0 Å². The molecule has 6 nitrogen and oxygen atoms in total. The smallest absolute Gasteiger partial charge is 0.253 e. The highest BCUT2D eigenvalue weighted by atomic mass is 16.1. The molecule has 1 fully saturated rings. The molecule has 0 spiro atoms. The molecular formula is C13H17N5O. The first kappa shape index (κ1) is 12.1. The van der Waals surface area contributed by atoms with Gasteiger partial charge < -0.3 is 16.0 Å². The Morgan fingerprint density at radius 3 is 3.16 bits per heavy atom. The van der Waals surface area contributed by atoms with Crippen molar-refractivity contribution >= 4 is 17.1 Å². The van der Waals surface area contributed by atoms with Crippen LogP contribution in [0.4, 0.5) is 0 Å². The number of aromatic nitrogens is 3. The van der Waals surface area contributed by atoms with Crippen LogP contribution in [-0.2, 0) is 0 Å². The molecule has 2 atom stereocenters. The summed E-state index contributed by atoms with van der Waals surface area (Å²) in [7, 11) is 0. The predicted octanol–water partition coefficient (Wildman–Crippen LogP) is 0.958. The number of amides is 1. The molecule has 6 heteroatoms. The Kier molecular flexibility index (Phi) is 3.16. The Balaban J connectivity index is 1.78. The van der Waals surface area contributed by atoms with Gasteiger partial charge in [-0.05, 0) is 31.7 Å². The number of carbonyl (C=O) groups is 1. The summed E-state index contributed by atoms with van der Waals surface area (Å²) in [4.78, 5) is 23.5. The lowest BCUT2D eigenvalue weighted by Gasteiger charge is -2.27. The quantitative estimate of drug-likeness (QED) is 0.748. The number of nitrogens with one attached hydrogen (secondary N) is 2. The second-order valence-corrected chi connectivity index (χ2v) is 5.06. The van der Waals surface area contributed by atoms with Crippen LogP contribution in [0.25, 0.3) is 11.2 Å². The van der Waals surface area contributed by atoms with Crippen molar-refractivity contribution < 1.29 is 4.79 Å². The van der Waals surface area contributed by atoms with Crippen LogP contribution in [0.5, 0.6) is 0 Å². The molecule has 0 saturated heterocycles. The van der Waals surface area contributed by atoms with E-state index in [9.17, 15) is 4.79 Å². The number of carbonyl (C=O) groups excluding carboxylic acids is 1. The first-order valence-electron chi connectivity index (χ1n) is 6.58. The molecule has 2 heterocycles. The standard InChI is InChI=1S/C13H17N5O/c14-8-2-1-3-9(6-8)18-13(19)10-4-5-15-12-11(10)16-7-17-12/h4-5,7-9H,1-3,6,14H2,(H,18,19)(H,15,16,17). The van der Waals surface area contributed by atoms with Crippen molar-refractivity contribution in [2.45, 2.75) is 37.8 Å². The van der Waals surface area contributed by atoms with Crippen molar-refractivity contribution in [2.24, 2.45) is 5.73 Å². The van der Waals surface area contributed by atoms with Crippen LogP contribution < -0.4 is 11.1 Å². The van der Waals surface area contributed by atoms with Crippen molar-refractivity contribution in [1.82, 2.24) is 20.3 Å². The summed E-state index contributed by atoms with van der Waals surface area (Å²) >= 11 is 0. The van der Waals surface area contributed by atoms with Crippen LogP contribution >= 0.6 is 0 Å². The van der Waals surface area contributed by atoms with E-state index in [0.29, 0.717) is 16.7 Å². The predicted molar refractivity (Wildman–Crippen MR) is 71.6 cm³/mol. The molecule has 0 radical (unpaired) electrons. The van der Waals surface area contributed by atoms with Gasteiger partial charge in [0, 0.05) is 18.3 Å². The van der Waals surface area contributed by atoms with Gasteiger partial charge in [0.1, 0.15) is 5.52 Å². The highest BCUT2D eigenvalue weighted by Gasteiger charge is 2.22. The second-order valence-electron chi connectivity index (χ2n) is 5.06. The van der Waals surface area contributed by atoms with Crippen molar-refractivity contribution in [2.75, 3.05) is 0 Å². The Labute approximate surface area is 110 Å². The number of hydrogen-bond donors (Lipinski definition) is 3. The van der Waals surface area contributed by atoms with Crippen molar-refractivity contribution in [1.29, 1.82) is 0 Å². The maximum absolute atomic E-state index is 12.3. The fourth-order valence-corrected chi connectivity index (χ4v) is 2.65. The Bertz CT molecular complexity index is 593. The summed E-state index contributed by atoms with van der Waals surface area (Å²) in [5.41, 5.74) is 7.74. The van der Waals surface area contributed by atoms with E-state index in [2.05, 4.69) is 20.3 Å².